The summed E-state index contributed by atoms with van der Waals surface area (Å²) < 4.78 is 0. The lowest BCUT2D eigenvalue weighted by atomic mass is 9.53. The van der Waals surface area contributed by atoms with E-state index in [1.807, 2.05) is 0 Å². The largest absolute Gasteiger partial charge is 0.359 e. The predicted octanol–water partition coefficient (Wildman–Crippen LogP) is 2.92. The Morgan fingerprint density at radius 3 is 2.37 bits per heavy atom. The number of nitrogens with one attached hydrogen (secondary N) is 3. The summed E-state index contributed by atoms with van der Waals surface area (Å²) in [5.74, 6) is 1.77. The summed E-state index contributed by atoms with van der Waals surface area (Å²) in [6.45, 7) is 0. The molecule has 2 aromatic rings. The van der Waals surface area contributed by atoms with Gasteiger partial charge in [0, 0.05) is 17.9 Å². The minimum Gasteiger partial charge on any atom is -0.359 e. The number of anilines is 2. The average molecular weight is 409 g/mol. The second-order valence-corrected chi connectivity index (χ2v) is 8.82. The first kappa shape index (κ1) is 18.7. The van der Waals surface area contributed by atoms with E-state index in [0.29, 0.717) is 23.3 Å². The lowest BCUT2D eigenvalue weighted by Crippen LogP contribution is -2.55. The maximum Gasteiger partial charge on any atom is 0.354 e. The fraction of sp³-hybridized carbons (Fsp3) is 0.500. The fourth-order valence-electron chi connectivity index (χ4n) is 5.93. The number of aromatic nitrogens is 3. The molecule has 0 aliphatic heterocycles. The molecule has 0 unspecified atom stereocenters. The molecule has 0 atom stereocenters. The third-order valence-electron chi connectivity index (χ3n) is 6.64. The van der Waals surface area contributed by atoms with Gasteiger partial charge in [0.25, 0.3) is 5.91 Å². The molecule has 4 fully saturated rings. The van der Waals surface area contributed by atoms with Gasteiger partial charge >= 0.3 is 5.69 Å². The number of nitrogens with zero attached hydrogens (tertiary/aromatic N) is 4. The molecule has 2 heterocycles. The van der Waals surface area contributed by atoms with Crippen LogP contribution in [0.25, 0.3) is 0 Å². The van der Waals surface area contributed by atoms with Crippen LogP contribution in [0.2, 0.25) is 0 Å². The van der Waals surface area contributed by atoms with E-state index in [0.717, 1.165) is 19.3 Å². The summed E-state index contributed by atoms with van der Waals surface area (Å²) in [5.41, 5.74) is 4.96. The summed E-state index contributed by atoms with van der Waals surface area (Å²) >= 11 is 0. The molecule has 2 aromatic heterocycles. The van der Waals surface area contributed by atoms with Crippen LogP contribution in [0.5, 0.6) is 0 Å². The smallest absolute Gasteiger partial charge is 0.354 e. The maximum atomic E-state index is 12.2. The highest BCUT2D eigenvalue weighted by Crippen LogP contribution is 2.56. The molecule has 10 nitrogen and oxygen atoms in total. The van der Waals surface area contributed by atoms with Crippen LogP contribution in [0, 0.1) is 27.9 Å². The minimum absolute atomic E-state index is 0.0560. The highest BCUT2D eigenvalue weighted by atomic mass is 16.6. The van der Waals surface area contributed by atoms with E-state index in [2.05, 4.69) is 31.1 Å². The number of hydrogen-bond donors (Lipinski definition) is 3. The van der Waals surface area contributed by atoms with E-state index in [1.54, 1.807) is 18.3 Å². The first-order valence-electron chi connectivity index (χ1n) is 10.3. The quantitative estimate of drug-likeness (QED) is 0.489. The van der Waals surface area contributed by atoms with Crippen molar-refractivity contribution in [3.05, 3.63) is 46.5 Å². The Hall–Kier alpha value is -3.30. The van der Waals surface area contributed by atoms with Gasteiger partial charge in [-0.15, -0.1) is 0 Å². The van der Waals surface area contributed by atoms with E-state index in [9.17, 15) is 14.9 Å². The molecule has 4 bridgehead atoms. The second kappa shape index (κ2) is 7.19. The summed E-state index contributed by atoms with van der Waals surface area (Å²) in [7, 11) is 0. The van der Waals surface area contributed by atoms with Gasteiger partial charge in [0.05, 0.1) is 10.5 Å². The van der Waals surface area contributed by atoms with Gasteiger partial charge in [-0.1, -0.05) is 0 Å². The summed E-state index contributed by atoms with van der Waals surface area (Å²) in [6.07, 6.45) is 11.2. The lowest BCUT2D eigenvalue weighted by Gasteiger charge is -2.57. The molecular formula is C20H23N7O3. The van der Waals surface area contributed by atoms with Crippen LogP contribution in [0.4, 0.5) is 17.3 Å². The van der Waals surface area contributed by atoms with Crippen molar-refractivity contribution in [3.8, 4) is 0 Å². The first-order valence-corrected chi connectivity index (χ1v) is 10.3. The third kappa shape index (κ3) is 3.42. The summed E-state index contributed by atoms with van der Waals surface area (Å²) in [6, 6.07) is 3.23. The van der Waals surface area contributed by atoms with Gasteiger partial charge in [-0.3, -0.25) is 30.7 Å². The Morgan fingerprint density at radius 1 is 1.10 bits per heavy atom. The minimum atomic E-state index is -0.512. The van der Waals surface area contributed by atoms with Crippen molar-refractivity contribution in [2.24, 2.45) is 17.8 Å². The maximum absolute atomic E-state index is 12.2. The van der Waals surface area contributed by atoms with Crippen LogP contribution in [-0.2, 0) is 0 Å². The Bertz CT molecular complexity index is 946. The van der Waals surface area contributed by atoms with Crippen LogP contribution in [0.1, 0.15) is 48.9 Å². The van der Waals surface area contributed by atoms with Gasteiger partial charge < -0.3 is 5.32 Å². The second-order valence-electron chi connectivity index (χ2n) is 8.82. The van der Waals surface area contributed by atoms with Crippen molar-refractivity contribution in [1.82, 2.24) is 20.4 Å². The molecule has 3 N–H and O–H groups in total. The van der Waals surface area contributed by atoms with Crippen molar-refractivity contribution in [3.63, 3.8) is 0 Å². The zero-order chi connectivity index (χ0) is 20.7. The van der Waals surface area contributed by atoms with Crippen LogP contribution < -0.4 is 16.2 Å². The number of nitro groups is 1. The highest BCUT2D eigenvalue weighted by Gasteiger charge is 2.51. The third-order valence-corrected chi connectivity index (χ3v) is 6.64. The van der Waals surface area contributed by atoms with Crippen LogP contribution >= 0.6 is 0 Å². The number of pyridine rings is 1. The van der Waals surface area contributed by atoms with Crippen molar-refractivity contribution < 1.29 is 9.72 Å². The number of hydrazine groups is 1. The van der Waals surface area contributed by atoms with E-state index in [-0.39, 0.29) is 22.9 Å². The SMILES string of the molecule is O=C(NNc1ncnc(NC23CC4CC(CC(C4)C2)C3)c1[N+](=O)[O-])c1cccnc1. The molecule has 4 aliphatic carbocycles. The molecule has 30 heavy (non-hydrogen) atoms. The molecule has 156 valence electrons. The van der Waals surface area contributed by atoms with E-state index >= 15 is 0 Å². The van der Waals surface area contributed by atoms with E-state index < -0.39 is 10.8 Å². The van der Waals surface area contributed by atoms with Gasteiger partial charge in [-0.25, -0.2) is 9.97 Å². The van der Waals surface area contributed by atoms with Gasteiger partial charge in [-0.05, 0) is 68.4 Å². The highest BCUT2D eigenvalue weighted by molar-refractivity contribution is 5.94. The lowest BCUT2D eigenvalue weighted by molar-refractivity contribution is -0.383. The molecule has 0 spiro atoms. The van der Waals surface area contributed by atoms with Crippen LogP contribution in [0.15, 0.2) is 30.9 Å². The Kier molecular flexibility index (Phi) is 4.48. The average Bonchev–Trinajstić information content (AvgIpc) is 2.71. The summed E-state index contributed by atoms with van der Waals surface area (Å²) in [5, 5.41) is 15.3. The van der Waals surface area contributed by atoms with Gasteiger partial charge in [0.1, 0.15) is 6.33 Å². The van der Waals surface area contributed by atoms with E-state index in [4.69, 9.17) is 0 Å². The van der Waals surface area contributed by atoms with Gasteiger partial charge in [-0.2, -0.15) is 0 Å². The molecule has 6 rings (SSSR count). The van der Waals surface area contributed by atoms with Crippen molar-refractivity contribution >= 4 is 23.2 Å². The zero-order valence-corrected chi connectivity index (χ0v) is 16.4. The van der Waals surface area contributed by atoms with Crippen molar-refractivity contribution in [1.29, 1.82) is 0 Å². The predicted molar refractivity (Wildman–Crippen MR) is 109 cm³/mol. The number of amides is 1. The molecular weight excluding hydrogens is 386 g/mol. The number of carbonyl (C=O) groups is 1. The van der Waals surface area contributed by atoms with Crippen molar-refractivity contribution in [2.45, 2.75) is 44.1 Å². The first-order chi connectivity index (χ1) is 14.5. The Morgan fingerprint density at radius 2 is 1.77 bits per heavy atom. The number of hydrogen-bond acceptors (Lipinski definition) is 8. The Labute approximate surface area is 173 Å². The molecule has 4 saturated carbocycles. The standard InChI is InChI=1S/C20H23N7O3/c28-19(15-2-1-3-21-10-15)26-25-18-16(27(29)30)17(22-11-23-18)24-20-7-12-4-13(8-20)6-14(5-12)9-20/h1-3,10-14H,4-9H2,(H,26,28)(H2,22,23,24,25). The molecule has 0 aromatic carbocycles. The van der Waals surface area contributed by atoms with Crippen LogP contribution in [-0.4, -0.2) is 31.3 Å². The topological polar surface area (TPSA) is 135 Å². The normalized spacial score (nSPS) is 28.7. The molecule has 0 radical (unpaired) electrons. The molecule has 0 saturated heterocycles. The summed E-state index contributed by atoms with van der Waals surface area (Å²) in [4.78, 5) is 35.7. The molecule has 10 heteroatoms. The zero-order valence-electron chi connectivity index (χ0n) is 16.4. The molecule has 1 amide bonds. The van der Waals surface area contributed by atoms with Crippen LogP contribution in [0.3, 0.4) is 0 Å². The Balaban J connectivity index is 1.37. The van der Waals surface area contributed by atoms with E-state index in [1.165, 1.54) is 31.8 Å². The van der Waals surface area contributed by atoms with Gasteiger partial charge in [0.2, 0.25) is 11.6 Å². The number of carbonyl (C=O) groups excluding carboxylic acids is 1. The van der Waals surface area contributed by atoms with Crippen molar-refractivity contribution in [2.75, 3.05) is 10.7 Å². The fourth-order valence-corrected chi connectivity index (χ4v) is 5.93. The number of rotatable bonds is 6. The monoisotopic (exact) mass is 409 g/mol. The molecule has 4 aliphatic rings. The van der Waals surface area contributed by atoms with Gasteiger partial charge in [0.15, 0.2) is 0 Å².